The highest BCUT2D eigenvalue weighted by atomic mass is 16.3. The van der Waals surface area contributed by atoms with Crippen molar-refractivity contribution in [1.29, 1.82) is 0 Å². The van der Waals surface area contributed by atoms with Crippen LogP contribution in [0.25, 0.3) is 10.9 Å². The lowest BCUT2D eigenvalue weighted by atomic mass is 10.0. The molecule has 0 radical (unpaired) electrons. The first-order valence-electron chi connectivity index (χ1n) is 5.01. The van der Waals surface area contributed by atoms with Crippen molar-refractivity contribution in [2.24, 2.45) is 12.8 Å². The first kappa shape index (κ1) is 10.2. The second kappa shape index (κ2) is 3.36. The predicted molar refractivity (Wildman–Crippen MR) is 61.5 cm³/mol. The molecule has 0 bridgehead atoms. The van der Waals surface area contributed by atoms with E-state index in [1.54, 1.807) is 0 Å². The van der Waals surface area contributed by atoms with Gasteiger partial charge in [-0.2, -0.15) is 0 Å². The van der Waals surface area contributed by atoms with E-state index in [9.17, 15) is 5.11 Å². The Labute approximate surface area is 89.1 Å². The largest absolute Gasteiger partial charge is 0.394 e. The van der Waals surface area contributed by atoms with E-state index in [2.05, 4.69) is 0 Å². The number of aliphatic hydroxyl groups is 1. The van der Waals surface area contributed by atoms with E-state index in [1.165, 1.54) is 0 Å². The van der Waals surface area contributed by atoms with Crippen LogP contribution in [-0.4, -0.2) is 16.3 Å². The Morgan fingerprint density at radius 3 is 2.67 bits per heavy atom. The Balaban J connectivity index is 2.68. The summed E-state index contributed by atoms with van der Waals surface area (Å²) in [6.07, 6.45) is 0. The fourth-order valence-corrected chi connectivity index (χ4v) is 1.92. The molecule has 2 rings (SSSR count). The number of aliphatic hydroxyl groups excluding tert-OH is 1. The molecule has 0 spiro atoms. The molecule has 0 aliphatic rings. The molecule has 1 aromatic carbocycles. The number of aryl methyl sites for hydroxylation is 1. The van der Waals surface area contributed by atoms with Gasteiger partial charge in [-0.15, -0.1) is 0 Å². The van der Waals surface area contributed by atoms with Gasteiger partial charge in [-0.3, -0.25) is 0 Å². The Hall–Kier alpha value is -1.32. The quantitative estimate of drug-likeness (QED) is 0.775. The van der Waals surface area contributed by atoms with Crippen molar-refractivity contribution in [3.63, 3.8) is 0 Å². The Morgan fingerprint density at radius 1 is 1.40 bits per heavy atom. The van der Waals surface area contributed by atoms with Crippen molar-refractivity contribution in [3.05, 3.63) is 36.0 Å². The van der Waals surface area contributed by atoms with Crippen molar-refractivity contribution in [2.75, 3.05) is 6.61 Å². The Bertz CT molecular complexity index is 485. The second-order valence-corrected chi connectivity index (χ2v) is 4.22. The van der Waals surface area contributed by atoms with Crippen LogP contribution in [0.5, 0.6) is 0 Å². The number of hydrogen-bond acceptors (Lipinski definition) is 2. The van der Waals surface area contributed by atoms with Gasteiger partial charge in [-0.05, 0) is 24.4 Å². The number of benzene rings is 1. The molecule has 3 N–H and O–H groups in total. The van der Waals surface area contributed by atoms with Gasteiger partial charge in [-0.25, -0.2) is 0 Å². The number of fused-ring (bicyclic) bond motifs is 1. The summed E-state index contributed by atoms with van der Waals surface area (Å²) >= 11 is 0. The molecule has 1 unspecified atom stereocenters. The zero-order valence-corrected chi connectivity index (χ0v) is 9.07. The van der Waals surface area contributed by atoms with E-state index in [0.717, 1.165) is 16.6 Å². The van der Waals surface area contributed by atoms with Crippen molar-refractivity contribution < 1.29 is 5.11 Å². The number of para-hydroxylation sites is 1. The van der Waals surface area contributed by atoms with E-state index < -0.39 is 5.54 Å². The van der Waals surface area contributed by atoms with Gasteiger partial charge in [0.15, 0.2) is 0 Å². The van der Waals surface area contributed by atoms with Crippen LogP contribution in [0.4, 0.5) is 0 Å². The molecule has 0 saturated carbocycles. The molecule has 3 nitrogen and oxygen atoms in total. The van der Waals surface area contributed by atoms with Crippen LogP contribution >= 0.6 is 0 Å². The summed E-state index contributed by atoms with van der Waals surface area (Å²) in [5, 5.41) is 10.4. The highest BCUT2D eigenvalue weighted by Gasteiger charge is 2.24. The van der Waals surface area contributed by atoms with Crippen LogP contribution in [-0.2, 0) is 12.6 Å². The number of nitrogens with two attached hydrogens (primary N) is 1. The van der Waals surface area contributed by atoms with Gasteiger partial charge in [0.2, 0.25) is 0 Å². The summed E-state index contributed by atoms with van der Waals surface area (Å²) < 4.78 is 2.03. The van der Waals surface area contributed by atoms with Crippen molar-refractivity contribution in [1.82, 2.24) is 4.57 Å². The molecular formula is C12H16N2O. The predicted octanol–water partition coefficient (Wildman–Crippen LogP) is 1.34. The lowest BCUT2D eigenvalue weighted by Gasteiger charge is -2.22. The smallest absolute Gasteiger partial charge is 0.0769 e. The molecule has 0 aliphatic heterocycles. The minimum absolute atomic E-state index is 0.0584. The summed E-state index contributed by atoms with van der Waals surface area (Å²) in [7, 11) is 1.97. The molecule has 80 valence electrons. The third kappa shape index (κ3) is 1.54. The number of rotatable bonds is 2. The second-order valence-electron chi connectivity index (χ2n) is 4.22. The monoisotopic (exact) mass is 204 g/mol. The average molecular weight is 204 g/mol. The van der Waals surface area contributed by atoms with Gasteiger partial charge in [0.1, 0.15) is 0 Å². The molecule has 1 atom stereocenters. The molecule has 0 amide bonds. The number of aromatic nitrogens is 1. The summed E-state index contributed by atoms with van der Waals surface area (Å²) in [4.78, 5) is 0. The average Bonchev–Trinajstić information content (AvgIpc) is 2.58. The van der Waals surface area contributed by atoms with Crippen LogP contribution in [0.15, 0.2) is 30.3 Å². The van der Waals surface area contributed by atoms with E-state index in [4.69, 9.17) is 5.73 Å². The van der Waals surface area contributed by atoms with Crippen molar-refractivity contribution >= 4 is 10.9 Å². The normalized spacial score (nSPS) is 15.5. The first-order valence-corrected chi connectivity index (χ1v) is 5.01. The van der Waals surface area contributed by atoms with Gasteiger partial charge < -0.3 is 15.4 Å². The molecule has 3 heteroatoms. The fraction of sp³-hybridized carbons (Fsp3) is 0.333. The van der Waals surface area contributed by atoms with Gasteiger partial charge in [0.05, 0.1) is 12.1 Å². The summed E-state index contributed by atoms with van der Waals surface area (Å²) in [5.74, 6) is 0. The van der Waals surface area contributed by atoms with Crippen LogP contribution in [0, 0.1) is 0 Å². The van der Waals surface area contributed by atoms with E-state index in [0.29, 0.717) is 0 Å². The maximum atomic E-state index is 9.26. The molecule has 0 fully saturated rings. The zero-order valence-electron chi connectivity index (χ0n) is 9.07. The van der Waals surface area contributed by atoms with E-state index >= 15 is 0 Å². The summed E-state index contributed by atoms with van der Waals surface area (Å²) in [5.41, 5.74) is 7.43. The molecule has 1 heterocycles. The van der Waals surface area contributed by atoms with Crippen molar-refractivity contribution in [3.8, 4) is 0 Å². The van der Waals surface area contributed by atoms with Crippen LogP contribution < -0.4 is 5.73 Å². The van der Waals surface area contributed by atoms with Gasteiger partial charge in [0, 0.05) is 18.3 Å². The molecule has 0 aliphatic carbocycles. The Kier molecular flexibility index (Phi) is 2.29. The lowest BCUT2D eigenvalue weighted by Crippen LogP contribution is -2.38. The van der Waals surface area contributed by atoms with Crippen LogP contribution in [0.1, 0.15) is 12.6 Å². The number of nitrogens with zero attached hydrogens (tertiary/aromatic N) is 1. The van der Waals surface area contributed by atoms with Gasteiger partial charge in [-0.1, -0.05) is 18.2 Å². The molecule has 0 saturated heterocycles. The third-order valence-corrected chi connectivity index (χ3v) is 2.87. The number of hydrogen-bond donors (Lipinski definition) is 2. The third-order valence-electron chi connectivity index (χ3n) is 2.87. The highest BCUT2D eigenvalue weighted by Crippen LogP contribution is 2.25. The first-order chi connectivity index (χ1) is 7.06. The standard InChI is InChI=1S/C12H16N2O/c1-12(13,8-15)11-7-9-5-3-4-6-10(9)14(11)2/h3-7,15H,8,13H2,1-2H3. The Morgan fingerprint density at radius 2 is 2.07 bits per heavy atom. The van der Waals surface area contributed by atoms with E-state index in [1.807, 2.05) is 48.9 Å². The van der Waals surface area contributed by atoms with E-state index in [-0.39, 0.29) is 6.61 Å². The van der Waals surface area contributed by atoms with Crippen molar-refractivity contribution in [2.45, 2.75) is 12.5 Å². The maximum Gasteiger partial charge on any atom is 0.0769 e. The summed E-state index contributed by atoms with van der Waals surface area (Å²) in [6.45, 7) is 1.78. The van der Waals surface area contributed by atoms with Crippen LogP contribution in [0.2, 0.25) is 0 Å². The summed E-state index contributed by atoms with van der Waals surface area (Å²) in [6, 6.07) is 10.1. The SMILES string of the molecule is Cn1c(C(C)(N)CO)cc2ccccc21. The lowest BCUT2D eigenvalue weighted by molar-refractivity contribution is 0.204. The van der Waals surface area contributed by atoms with Crippen LogP contribution in [0.3, 0.4) is 0 Å². The highest BCUT2D eigenvalue weighted by molar-refractivity contribution is 5.81. The molecular weight excluding hydrogens is 188 g/mol. The maximum absolute atomic E-state index is 9.26. The fourth-order valence-electron chi connectivity index (χ4n) is 1.92. The zero-order chi connectivity index (χ0) is 11.1. The van der Waals surface area contributed by atoms with Gasteiger partial charge in [0.25, 0.3) is 0 Å². The minimum Gasteiger partial charge on any atom is -0.394 e. The molecule has 2 aromatic rings. The minimum atomic E-state index is -0.687. The molecule has 15 heavy (non-hydrogen) atoms. The molecule has 1 aromatic heterocycles. The van der Waals surface area contributed by atoms with Gasteiger partial charge >= 0.3 is 0 Å². The topological polar surface area (TPSA) is 51.2 Å².